The molecule has 0 saturated carbocycles. The van der Waals surface area contributed by atoms with Gasteiger partial charge in [0.05, 0.1) is 0 Å². The second-order valence-electron chi connectivity index (χ2n) is 6.77. The van der Waals surface area contributed by atoms with Gasteiger partial charge in [0.25, 0.3) is 0 Å². The van der Waals surface area contributed by atoms with Crippen LogP contribution in [0.3, 0.4) is 0 Å². The summed E-state index contributed by atoms with van der Waals surface area (Å²) in [5.41, 5.74) is 10.1. The lowest BCUT2D eigenvalue weighted by molar-refractivity contribution is -0.120. The van der Waals surface area contributed by atoms with Crippen LogP contribution in [-0.2, 0) is 17.6 Å². The lowest BCUT2D eigenvalue weighted by Gasteiger charge is -2.26. The van der Waals surface area contributed by atoms with Crippen molar-refractivity contribution in [2.24, 2.45) is 5.73 Å². The van der Waals surface area contributed by atoms with Crippen molar-refractivity contribution in [2.45, 2.75) is 25.8 Å². The standard InChI is InChI=1S/C24H25FN2O/c1-2-18-10-14-22(15-11-18)27(17-16-19-8-12-21(25)13-9-19)24(28)23(26)20-6-4-3-5-7-20/h3-15,23H,2,16-17,26H2,1H3/t23-/m0/s1. The number of hydrogen-bond donors (Lipinski definition) is 1. The molecular weight excluding hydrogens is 351 g/mol. The second-order valence-corrected chi connectivity index (χ2v) is 6.77. The number of nitrogens with zero attached hydrogens (tertiary/aromatic N) is 1. The van der Waals surface area contributed by atoms with Gasteiger partial charge in [0.1, 0.15) is 11.9 Å². The lowest BCUT2D eigenvalue weighted by atomic mass is 10.0. The number of anilines is 1. The van der Waals surface area contributed by atoms with Crippen molar-refractivity contribution < 1.29 is 9.18 Å². The summed E-state index contributed by atoms with van der Waals surface area (Å²) in [4.78, 5) is 14.9. The highest BCUT2D eigenvalue weighted by Gasteiger charge is 2.23. The highest BCUT2D eigenvalue weighted by atomic mass is 19.1. The molecule has 0 spiro atoms. The van der Waals surface area contributed by atoms with Gasteiger partial charge in [-0.05, 0) is 53.8 Å². The Labute approximate surface area is 165 Å². The number of rotatable bonds is 7. The van der Waals surface area contributed by atoms with Gasteiger partial charge >= 0.3 is 0 Å². The highest BCUT2D eigenvalue weighted by Crippen LogP contribution is 2.21. The van der Waals surface area contributed by atoms with E-state index < -0.39 is 6.04 Å². The molecule has 1 atom stereocenters. The topological polar surface area (TPSA) is 46.3 Å². The van der Waals surface area contributed by atoms with Crippen LogP contribution in [0.1, 0.15) is 29.7 Å². The Balaban J connectivity index is 1.84. The molecule has 0 aromatic heterocycles. The fourth-order valence-corrected chi connectivity index (χ4v) is 3.14. The third-order valence-corrected chi connectivity index (χ3v) is 4.88. The number of carbonyl (C=O) groups is 1. The molecule has 0 fully saturated rings. The summed E-state index contributed by atoms with van der Waals surface area (Å²) in [6.07, 6.45) is 1.55. The number of amides is 1. The minimum Gasteiger partial charge on any atom is -0.316 e. The number of benzene rings is 3. The summed E-state index contributed by atoms with van der Waals surface area (Å²) in [5, 5.41) is 0. The first-order chi connectivity index (χ1) is 13.6. The van der Waals surface area contributed by atoms with E-state index in [0.29, 0.717) is 13.0 Å². The first-order valence-corrected chi connectivity index (χ1v) is 9.53. The molecule has 0 aliphatic heterocycles. The quantitative estimate of drug-likeness (QED) is 0.652. The minimum absolute atomic E-state index is 0.155. The van der Waals surface area contributed by atoms with Gasteiger partial charge in [-0.1, -0.05) is 61.5 Å². The van der Waals surface area contributed by atoms with Gasteiger partial charge in [0.15, 0.2) is 0 Å². The predicted octanol–water partition coefficient (Wildman–Crippen LogP) is 4.66. The molecule has 2 N–H and O–H groups in total. The number of aryl methyl sites for hydroxylation is 1. The van der Waals surface area contributed by atoms with E-state index in [2.05, 4.69) is 6.92 Å². The summed E-state index contributed by atoms with van der Waals surface area (Å²) in [6.45, 7) is 2.56. The van der Waals surface area contributed by atoms with Crippen molar-refractivity contribution in [3.05, 3.63) is 101 Å². The minimum atomic E-state index is -0.736. The molecule has 4 heteroatoms. The van der Waals surface area contributed by atoms with Gasteiger partial charge < -0.3 is 10.6 Å². The molecule has 0 aliphatic rings. The number of nitrogens with two attached hydrogens (primary N) is 1. The zero-order valence-electron chi connectivity index (χ0n) is 16.0. The monoisotopic (exact) mass is 376 g/mol. The average molecular weight is 376 g/mol. The molecule has 3 aromatic carbocycles. The van der Waals surface area contributed by atoms with E-state index >= 15 is 0 Å². The molecule has 0 unspecified atom stereocenters. The number of halogens is 1. The largest absolute Gasteiger partial charge is 0.316 e. The lowest BCUT2D eigenvalue weighted by Crippen LogP contribution is -2.40. The second kappa shape index (κ2) is 9.29. The molecule has 0 aliphatic carbocycles. The van der Waals surface area contributed by atoms with E-state index in [-0.39, 0.29) is 11.7 Å². The Morgan fingerprint density at radius 1 is 0.929 bits per heavy atom. The van der Waals surface area contributed by atoms with E-state index in [9.17, 15) is 9.18 Å². The molecule has 144 valence electrons. The van der Waals surface area contributed by atoms with Crippen LogP contribution in [0, 0.1) is 5.82 Å². The molecular formula is C24H25FN2O. The van der Waals surface area contributed by atoms with Crippen molar-refractivity contribution >= 4 is 11.6 Å². The van der Waals surface area contributed by atoms with Crippen LogP contribution in [0.4, 0.5) is 10.1 Å². The van der Waals surface area contributed by atoms with E-state index in [0.717, 1.165) is 23.2 Å². The molecule has 3 rings (SSSR count). The van der Waals surface area contributed by atoms with Crippen molar-refractivity contribution in [2.75, 3.05) is 11.4 Å². The molecule has 1 amide bonds. The molecule has 0 bridgehead atoms. The summed E-state index contributed by atoms with van der Waals surface area (Å²) in [5.74, 6) is -0.421. The highest BCUT2D eigenvalue weighted by molar-refractivity contribution is 5.97. The molecule has 0 saturated heterocycles. The van der Waals surface area contributed by atoms with Crippen LogP contribution >= 0.6 is 0 Å². The van der Waals surface area contributed by atoms with E-state index in [1.807, 2.05) is 54.6 Å². The van der Waals surface area contributed by atoms with E-state index in [1.54, 1.807) is 17.0 Å². The van der Waals surface area contributed by atoms with Crippen LogP contribution in [0.5, 0.6) is 0 Å². The van der Waals surface area contributed by atoms with Gasteiger partial charge in [-0.3, -0.25) is 4.79 Å². The van der Waals surface area contributed by atoms with Gasteiger partial charge in [0, 0.05) is 12.2 Å². The third-order valence-electron chi connectivity index (χ3n) is 4.88. The SMILES string of the molecule is CCc1ccc(N(CCc2ccc(F)cc2)C(=O)[C@@H](N)c2ccccc2)cc1. The van der Waals surface area contributed by atoms with Crippen molar-refractivity contribution in [1.82, 2.24) is 0 Å². The van der Waals surface area contributed by atoms with Crippen LogP contribution in [0.25, 0.3) is 0 Å². The van der Waals surface area contributed by atoms with E-state index in [1.165, 1.54) is 17.7 Å². The van der Waals surface area contributed by atoms with Crippen LogP contribution in [0.15, 0.2) is 78.9 Å². The van der Waals surface area contributed by atoms with Gasteiger partial charge in [-0.2, -0.15) is 0 Å². The summed E-state index contributed by atoms with van der Waals surface area (Å²) in [7, 11) is 0. The van der Waals surface area contributed by atoms with Crippen molar-refractivity contribution in [1.29, 1.82) is 0 Å². The van der Waals surface area contributed by atoms with Crippen LogP contribution in [-0.4, -0.2) is 12.5 Å². The zero-order chi connectivity index (χ0) is 19.9. The summed E-state index contributed by atoms with van der Waals surface area (Å²) in [6, 6.07) is 23.0. The normalized spacial score (nSPS) is 11.8. The Bertz CT molecular complexity index is 892. The smallest absolute Gasteiger partial charge is 0.248 e. The van der Waals surface area contributed by atoms with Crippen molar-refractivity contribution in [3.63, 3.8) is 0 Å². The third kappa shape index (κ3) is 4.84. The molecule has 28 heavy (non-hydrogen) atoms. The maximum Gasteiger partial charge on any atom is 0.248 e. The number of carbonyl (C=O) groups excluding carboxylic acids is 1. The zero-order valence-corrected chi connectivity index (χ0v) is 16.0. The van der Waals surface area contributed by atoms with E-state index in [4.69, 9.17) is 5.73 Å². The molecule has 3 aromatic rings. The van der Waals surface area contributed by atoms with Gasteiger partial charge in [0.2, 0.25) is 5.91 Å². The van der Waals surface area contributed by atoms with Crippen LogP contribution in [0.2, 0.25) is 0 Å². The first kappa shape index (κ1) is 19.8. The molecule has 0 radical (unpaired) electrons. The number of hydrogen-bond acceptors (Lipinski definition) is 2. The Hall–Kier alpha value is -2.98. The molecule has 0 heterocycles. The van der Waals surface area contributed by atoms with Gasteiger partial charge in [-0.15, -0.1) is 0 Å². The molecule has 3 nitrogen and oxygen atoms in total. The fraction of sp³-hybridized carbons (Fsp3) is 0.208. The predicted molar refractivity (Wildman–Crippen MR) is 112 cm³/mol. The Morgan fingerprint density at radius 2 is 1.54 bits per heavy atom. The maximum atomic E-state index is 13.2. The maximum absolute atomic E-state index is 13.2. The van der Waals surface area contributed by atoms with Gasteiger partial charge in [-0.25, -0.2) is 4.39 Å². The first-order valence-electron chi connectivity index (χ1n) is 9.53. The average Bonchev–Trinajstić information content (AvgIpc) is 2.75. The summed E-state index contributed by atoms with van der Waals surface area (Å²) < 4.78 is 13.2. The van der Waals surface area contributed by atoms with Crippen LogP contribution < -0.4 is 10.6 Å². The van der Waals surface area contributed by atoms with Crippen molar-refractivity contribution in [3.8, 4) is 0 Å². The Morgan fingerprint density at radius 3 is 2.14 bits per heavy atom. The summed E-state index contributed by atoms with van der Waals surface area (Å²) >= 11 is 0. The fourth-order valence-electron chi connectivity index (χ4n) is 3.14. The Kier molecular flexibility index (Phi) is 6.56.